The lowest BCUT2D eigenvalue weighted by atomic mass is 9.76. The molecule has 3 aromatic rings. The van der Waals surface area contributed by atoms with Gasteiger partial charge in [-0.1, -0.05) is 84.9 Å². The molecular formula is C30H34BNO4. The van der Waals surface area contributed by atoms with Gasteiger partial charge in [-0.2, -0.15) is 0 Å². The van der Waals surface area contributed by atoms with Crippen LogP contribution in [-0.2, 0) is 14.0 Å². The van der Waals surface area contributed by atoms with Crippen molar-refractivity contribution in [3.05, 3.63) is 103 Å². The molecule has 0 radical (unpaired) electrons. The number of hydrogen-bond donors (Lipinski definition) is 1. The summed E-state index contributed by atoms with van der Waals surface area (Å²) in [5.74, 6) is -0.214. The van der Waals surface area contributed by atoms with Gasteiger partial charge >= 0.3 is 13.2 Å². The van der Waals surface area contributed by atoms with E-state index in [4.69, 9.17) is 14.0 Å². The van der Waals surface area contributed by atoms with Gasteiger partial charge in [-0.25, -0.2) is 4.79 Å². The van der Waals surface area contributed by atoms with E-state index in [2.05, 4.69) is 42.2 Å². The third-order valence-electron chi connectivity index (χ3n) is 7.27. The summed E-state index contributed by atoms with van der Waals surface area (Å²) in [6, 6.07) is 26.1. The van der Waals surface area contributed by atoms with Crippen LogP contribution in [-0.4, -0.2) is 31.5 Å². The number of hydrogen-bond acceptors (Lipinski definition) is 4. The van der Waals surface area contributed by atoms with Crippen LogP contribution in [0.25, 0.3) is 11.1 Å². The summed E-state index contributed by atoms with van der Waals surface area (Å²) < 4.78 is 17.5. The summed E-state index contributed by atoms with van der Waals surface area (Å²) in [5.41, 5.74) is 4.25. The van der Waals surface area contributed by atoms with E-state index >= 15 is 0 Å². The van der Waals surface area contributed by atoms with Gasteiger partial charge in [-0.05, 0) is 55.4 Å². The molecule has 1 fully saturated rings. The molecule has 4 rings (SSSR count). The van der Waals surface area contributed by atoms with Gasteiger partial charge in [0.15, 0.2) is 0 Å². The number of alkyl carbamates (subject to hydrolysis) is 1. The SMILES string of the molecule is C=C[C@@H](c1cccc(B2OC(C)(C)C(C)(C)O2)c1)[C@@H](NC(=O)OC)c1ccc(-c2ccccc2)cc1. The van der Waals surface area contributed by atoms with E-state index in [1.54, 1.807) is 0 Å². The number of rotatable bonds is 7. The fourth-order valence-electron chi connectivity index (χ4n) is 4.44. The van der Waals surface area contributed by atoms with Crippen molar-refractivity contribution in [2.45, 2.75) is 50.9 Å². The van der Waals surface area contributed by atoms with Gasteiger partial charge in [0.25, 0.3) is 0 Å². The average Bonchev–Trinajstić information content (AvgIpc) is 3.11. The molecule has 1 aliphatic heterocycles. The molecule has 1 aliphatic rings. The van der Waals surface area contributed by atoms with Gasteiger partial charge in [0.05, 0.1) is 24.4 Å². The minimum atomic E-state index is -0.499. The third-order valence-corrected chi connectivity index (χ3v) is 7.27. The molecule has 36 heavy (non-hydrogen) atoms. The summed E-state index contributed by atoms with van der Waals surface area (Å²) >= 11 is 0. The van der Waals surface area contributed by atoms with E-state index in [-0.39, 0.29) is 12.0 Å². The van der Waals surface area contributed by atoms with Crippen molar-refractivity contribution >= 4 is 18.7 Å². The lowest BCUT2D eigenvalue weighted by Gasteiger charge is -2.32. The molecule has 0 spiro atoms. The smallest absolute Gasteiger partial charge is 0.453 e. The highest BCUT2D eigenvalue weighted by Crippen LogP contribution is 2.37. The number of methoxy groups -OCH3 is 1. The number of carbonyl (C=O) groups is 1. The van der Waals surface area contributed by atoms with Crippen molar-refractivity contribution in [2.75, 3.05) is 7.11 Å². The quantitative estimate of drug-likeness (QED) is 0.330. The largest absolute Gasteiger partial charge is 0.494 e. The van der Waals surface area contributed by atoms with Crippen molar-refractivity contribution < 1.29 is 18.8 Å². The molecule has 0 bridgehead atoms. The highest BCUT2D eigenvalue weighted by Gasteiger charge is 2.51. The zero-order chi connectivity index (χ0) is 25.9. The van der Waals surface area contributed by atoms with Crippen LogP contribution in [0.1, 0.15) is 50.8 Å². The molecule has 0 unspecified atom stereocenters. The predicted molar refractivity (Wildman–Crippen MR) is 145 cm³/mol. The highest BCUT2D eigenvalue weighted by molar-refractivity contribution is 6.62. The first-order chi connectivity index (χ1) is 17.1. The molecule has 6 heteroatoms. The molecule has 1 amide bonds. The summed E-state index contributed by atoms with van der Waals surface area (Å²) in [4.78, 5) is 12.3. The minimum absolute atomic E-state index is 0.214. The third kappa shape index (κ3) is 5.25. The Morgan fingerprint density at radius 2 is 1.50 bits per heavy atom. The van der Waals surface area contributed by atoms with E-state index in [0.29, 0.717) is 0 Å². The Morgan fingerprint density at radius 3 is 2.08 bits per heavy atom. The summed E-state index contributed by atoms with van der Waals surface area (Å²) in [5, 5.41) is 3.01. The number of benzene rings is 3. The Balaban J connectivity index is 1.66. The summed E-state index contributed by atoms with van der Waals surface area (Å²) in [6.45, 7) is 12.3. The van der Waals surface area contributed by atoms with E-state index in [9.17, 15) is 4.79 Å². The second-order valence-electron chi connectivity index (χ2n) is 10.1. The zero-order valence-corrected chi connectivity index (χ0v) is 21.7. The van der Waals surface area contributed by atoms with Gasteiger partial charge < -0.3 is 19.4 Å². The van der Waals surface area contributed by atoms with E-state index < -0.39 is 24.4 Å². The molecule has 0 saturated carbocycles. The molecule has 1 heterocycles. The van der Waals surface area contributed by atoms with Crippen LogP contribution >= 0.6 is 0 Å². The Hall–Kier alpha value is -3.35. The van der Waals surface area contributed by atoms with Crippen LogP contribution in [0, 0.1) is 0 Å². The average molecular weight is 483 g/mol. The van der Waals surface area contributed by atoms with E-state index in [1.165, 1.54) is 7.11 Å². The molecular weight excluding hydrogens is 449 g/mol. The van der Waals surface area contributed by atoms with Crippen LogP contribution in [0.4, 0.5) is 4.79 Å². The standard InChI is InChI=1S/C30H34BNO4/c1-7-26(24-14-11-15-25(20-24)31-35-29(2,3)30(4,5)36-31)27(32-28(33)34-6)23-18-16-22(17-19-23)21-12-9-8-10-13-21/h7-20,26-27H,1H2,2-6H3,(H,32,33)/t26-,27-/m0/s1. The molecule has 2 atom stereocenters. The van der Waals surface area contributed by atoms with Crippen LogP contribution in [0.5, 0.6) is 0 Å². The second-order valence-corrected chi connectivity index (χ2v) is 10.1. The Kier molecular flexibility index (Phi) is 7.39. The summed E-state index contributed by atoms with van der Waals surface area (Å²) in [6.07, 6.45) is 1.36. The molecule has 1 N–H and O–H groups in total. The molecule has 0 aliphatic carbocycles. The predicted octanol–water partition coefficient (Wildman–Crippen LogP) is 6.02. The monoisotopic (exact) mass is 483 g/mol. The van der Waals surface area contributed by atoms with Gasteiger partial charge in [-0.3, -0.25) is 0 Å². The first-order valence-corrected chi connectivity index (χ1v) is 12.2. The van der Waals surface area contributed by atoms with Gasteiger partial charge in [0.1, 0.15) is 0 Å². The lowest BCUT2D eigenvalue weighted by molar-refractivity contribution is 0.00578. The van der Waals surface area contributed by atoms with Crippen LogP contribution in [0.3, 0.4) is 0 Å². The second kappa shape index (κ2) is 10.3. The fourth-order valence-corrected chi connectivity index (χ4v) is 4.44. The minimum Gasteiger partial charge on any atom is -0.453 e. The van der Waals surface area contributed by atoms with Crippen molar-refractivity contribution in [1.82, 2.24) is 5.32 Å². The van der Waals surface area contributed by atoms with Crippen LogP contribution in [0.15, 0.2) is 91.5 Å². The normalized spacial score (nSPS) is 17.8. The fraction of sp³-hybridized carbons (Fsp3) is 0.300. The maximum atomic E-state index is 12.3. The number of amides is 1. The lowest BCUT2D eigenvalue weighted by Crippen LogP contribution is -2.41. The van der Waals surface area contributed by atoms with Crippen molar-refractivity contribution in [2.24, 2.45) is 0 Å². The topological polar surface area (TPSA) is 56.8 Å². The molecule has 3 aromatic carbocycles. The van der Waals surface area contributed by atoms with Crippen LogP contribution < -0.4 is 10.8 Å². The Bertz CT molecular complexity index is 1190. The van der Waals surface area contributed by atoms with Gasteiger partial charge in [0, 0.05) is 5.92 Å². The Labute approximate surface area is 214 Å². The van der Waals surface area contributed by atoms with Gasteiger partial charge in [-0.15, -0.1) is 6.58 Å². The summed E-state index contributed by atoms with van der Waals surface area (Å²) in [7, 11) is 0.893. The maximum absolute atomic E-state index is 12.3. The Morgan fingerprint density at radius 1 is 0.889 bits per heavy atom. The number of ether oxygens (including phenoxy) is 1. The van der Waals surface area contributed by atoms with E-state index in [1.807, 2.05) is 82.3 Å². The van der Waals surface area contributed by atoms with Crippen LogP contribution in [0.2, 0.25) is 0 Å². The maximum Gasteiger partial charge on any atom is 0.494 e. The zero-order valence-electron chi connectivity index (χ0n) is 21.7. The molecule has 186 valence electrons. The molecule has 1 saturated heterocycles. The van der Waals surface area contributed by atoms with Crippen molar-refractivity contribution in [3.8, 4) is 11.1 Å². The number of carbonyl (C=O) groups excluding carboxylic acids is 1. The van der Waals surface area contributed by atoms with Crippen molar-refractivity contribution in [1.29, 1.82) is 0 Å². The van der Waals surface area contributed by atoms with Crippen molar-refractivity contribution in [3.63, 3.8) is 0 Å². The molecule has 5 nitrogen and oxygen atoms in total. The number of nitrogens with one attached hydrogen (secondary N) is 1. The molecule has 0 aromatic heterocycles. The first-order valence-electron chi connectivity index (χ1n) is 12.2. The van der Waals surface area contributed by atoms with E-state index in [0.717, 1.165) is 27.7 Å². The first kappa shape index (κ1) is 25.7. The van der Waals surface area contributed by atoms with Gasteiger partial charge in [0.2, 0.25) is 0 Å². The highest BCUT2D eigenvalue weighted by atomic mass is 16.7.